The third-order valence-electron chi connectivity index (χ3n) is 6.33. The number of sulfonamides is 1. The van der Waals surface area contributed by atoms with Gasteiger partial charge in [-0.2, -0.15) is 0 Å². The summed E-state index contributed by atoms with van der Waals surface area (Å²) in [6.07, 6.45) is 0.950. The zero-order valence-corrected chi connectivity index (χ0v) is 25.3. The normalized spacial score (nSPS) is 12.0. The molecule has 8 nitrogen and oxygen atoms in total. The van der Waals surface area contributed by atoms with Crippen molar-refractivity contribution in [2.75, 3.05) is 24.5 Å². The second-order valence-corrected chi connectivity index (χ2v) is 11.8. The Morgan fingerprint density at radius 1 is 1.00 bits per heavy atom. The lowest BCUT2D eigenvalue weighted by Gasteiger charge is -2.33. The molecule has 0 fully saturated rings. The number of nitrogens with one attached hydrogen (secondary N) is 1. The zero-order valence-electron chi connectivity index (χ0n) is 22.9. The van der Waals surface area contributed by atoms with Crippen molar-refractivity contribution in [2.24, 2.45) is 0 Å². The van der Waals surface area contributed by atoms with Gasteiger partial charge in [-0.3, -0.25) is 13.9 Å². The fraction of sp³-hybridized carbons (Fsp3) is 0.310. The number of halogens is 3. The Bertz CT molecular complexity index is 1450. The lowest BCUT2D eigenvalue weighted by molar-refractivity contribution is -0.140. The number of ether oxygens (including phenoxy) is 1. The molecule has 0 heterocycles. The van der Waals surface area contributed by atoms with E-state index in [0.29, 0.717) is 34.3 Å². The molecular formula is C29H32Cl2FN3O5S. The van der Waals surface area contributed by atoms with Gasteiger partial charge >= 0.3 is 0 Å². The van der Waals surface area contributed by atoms with Crippen molar-refractivity contribution in [1.82, 2.24) is 10.2 Å². The van der Waals surface area contributed by atoms with Crippen molar-refractivity contribution in [3.63, 3.8) is 0 Å². The summed E-state index contributed by atoms with van der Waals surface area (Å²) in [6, 6.07) is 14.3. The number of hydrogen-bond donors (Lipinski definition) is 1. The number of carbonyl (C=O) groups excluding carboxylic acids is 2. The van der Waals surface area contributed by atoms with E-state index in [0.717, 1.165) is 16.4 Å². The van der Waals surface area contributed by atoms with Crippen LogP contribution in [-0.4, -0.2) is 51.4 Å². The summed E-state index contributed by atoms with van der Waals surface area (Å²) < 4.78 is 47.5. The van der Waals surface area contributed by atoms with E-state index in [-0.39, 0.29) is 29.5 Å². The topological polar surface area (TPSA) is 96.0 Å². The standard InChI is InChI=1S/C29H32Cl2FN3O5S/c1-4-16-33-29(37)27(5-2)34(18-20-6-7-21(30)17-26(20)31)28(36)19-35(23-10-8-22(32)9-11-23)41(38,39)25-14-12-24(40-3)13-15-25/h6-15,17,27H,4-5,16,18-19H2,1-3H3,(H,33,37)/t27-/m0/s1. The van der Waals surface area contributed by atoms with Gasteiger partial charge in [-0.15, -0.1) is 0 Å². The van der Waals surface area contributed by atoms with Gasteiger partial charge in [0.2, 0.25) is 11.8 Å². The molecule has 3 aromatic rings. The lowest BCUT2D eigenvalue weighted by Crippen LogP contribution is -2.52. The average molecular weight is 625 g/mol. The molecule has 3 rings (SSSR count). The Kier molecular flexibility index (Phi) is 11.4. The zero-order chi connectivity index (χ0) is 30.2. The summed E-state index contributed by atoms with van der Waals surface area (Å²) in [7, 11) is -2.86. The van der Waals surface area contributed by atoms with Gasteiger partial charge < -0.3 is 15.0 Å². The molecule has 0 radical (unpaired) electrons. The summed E-state index contributed by atoms with van der Waals surface area (Å²) >= 11 is 12.5. The van der Waals surface area contributed by atoms with Crippen molar-refractivity contribution in [3.05, 3.63) is 88.2 Å². The van der Waals surface area contributed by atoms with Gasteiger partial charge in [-0.1, -0.05) is 43.1 Å². The summed E-state index contributed by atoms with van der Waals surface area (Å²) in [5.74, 6) is -1.15. The van der Waals surface area contributed by atoms with E-state index in [2.05, 4.69) is 5.32 Å². The van der Waals surface area contributed by atoms with Gasteiger partial charge in [0.1, 0.15) is 24.2 Å². The van der Waals surface area contributed by atoms with Gasteiger partial charge in [-0.05, 0) is 79.1 Å². The second-order valence-electron chi connectivity index (χ2n) is 9.14. The third-order valence-corrected chi connectivity index (χ3v) is 8.71. The Morgan fingerprint density at radius 2 is 1.66 bits per heavy atom. The molecule has 0 aliphatic heterocycles. The summed E-state index contributed by atoms with van der Waals surface area (Å²) in [5, 5.41) is 3.51. The van der Waals surface area contributed by atoms with Gasteiger partial charge in [0.15, 0.2) is 0 Å². The Labute approximate surface area is 250 Å². The van der Waals surface area contributed by atoms with Crippen molar-refractivity contribution in [1.29, 1.82) is 0 Å². The van der Waals surface area contributed by atoms with Gasteiger partial charge in [0.25, 0.3) is 10.0 Å². The molecule has 0 unspecified atom stereocenters. The molecule has 0 spiro atoms. The Hall–Kier alpha value is -3.34. The average Bonchev–Trinajstić information content (AvgIpc) is 2.96. The summed E-state index contributed by atoms with van der Waals surface area (Å²) in [6.45, 7) is 3.33. The molecule has 1 N–H and O–H groups in total. The number of amides is 2. The molecule has 0 saturated carbocycles. The molecule has 220 valence electrons. The number of nitrogens with zero attached hydrogens (tertiary/aromatic N) is 2. The van der Waals surface area contributed by atoms with Crippen molar-refractivity contribution >= 4 is 50.7 Å². The first kappa shape index (κ1) is 32.2. The fourth-order valence-electron chi connectivity index (χ4n) is 4.13. The largest absolute Gasteiger partial charge is 0.497 e. The van der Waals surface area contributed by atoms with Gasteiger partial charge in [-0.25, -0.2) is 12.8 Å². The highest BCUT2D eigenvalue weighted by Crippen LogP contribution is 2.28. The quantitative estimate of drug-likeness (QED) is 0.265. The van der Waals surface area contributed by atoms with Gasteiger partial charge in [0.05, 0.1) is 17.7 Å². The van der Waals surface area contributed by atoms with Crippen LogP contribution in [0.15, 0.2) is 71.6 Å². The summed E-state index contributed by atoms with van der Waals surface area (Å²) in [5.41, 5.74) is 0.598. The molecule has 1 atom stereocenters. The first-order chi connectivity index (χ1) is 19.5. The predicted molar refractivity (Wildman–Crippen MR) is 158 cm³/mol. The molecule has 0 saturated heterocycles. The maximum atomic E-state index is 14.0. The number of anilines is 1. The minimum atomic E-state index is -4.31. The van der Waals surface area contributed by atoms with E-state index in [1.54, 1.807) is 19.1 Å². The minimum Gasteiger partial charge on any atom is -0.497 e. The van der Waals surface area contributed by atoms with Crippen LogP contribution in [0.4, 0.5) is 10.1 Å². The van der Waals surface area contributed by atoms with E-state index in [4.69, 9.17) is 27.9 Å². The van der Waals surface area contributed by atoms with Crippen LogP contribution in [0.5, 0.6) is 5.75 Å². The van der Waals surface area contributed by atoms with E-state index in [9.17, 15) is 22.4 Å². The predicted octanol–water partition coefficient (Wildman–Crippen LogP) is 5.67. The molecule has 0 aliphatic carbocycles. The molecule has 41 heavy (non-hydrogen) atoms. The van der Waals surface area contributed by atoms with Crippen LogP contribution in [0.1, 0.15) is 32.3 Å². The smallest absolute Gasteiger partial charge is 0.264 e. The highest BCUT2D eigenvalue weighted by atomic mass is 35.5. The molecule has 0 aromatic heterocycles. The molecule has 3 aromatic carbocycles. The third kappa shape index (κ3) is 8.12. The minimum absolute atomic E-state index is 0.0727. The first-order valence-corrected chi connectivity index (χ1v) is 15.1. The van der Waals surface area contributed by atoms with E-state index in [1.807, 2.05) is 6.92 Å². The summed E-state index contributed by atoms with van der Waals surface area (Å²) in [4.78, 5) is 28.4. The molecule has 2 amide bonds. The lowest BCUT2D eigenvalue weighted by atomic mass is 10.1. The van der Waals surface area contributed by atoms with Gasteiger partial charge in [0, 0.05) is 23.1 Å². The van der Waals surface area contributed by atoms with Crippen LogP contribution >= 0.6 is 23.2 Å². The first-order valence-electron chi connectivity index (χ1n) is 12.9. The monoisotopic (exact) mass is 623 g/mol. The molecule has 0 aliphatic rings. The van der Waals surface area contributed by atoms with Crippen molar-refractivity contribution in [3.8, 4) is 5.75 Å². The maximum absolute atomic E-state index is 14.0. The number of hydrogen-bond acceptors (Lipinski definition) is 5. The SMILES string of the molecule is CCCNC(=O)[C@H](CC)N(Cc1ccc(Cl)cc1Cl)C(=O)CN(c1ccc(F)cc1)S(=O)(=O)c1ccc(OC)cc1. The van der Waals surface area contributed by atoms with Crippen LogP contribution in [0.25, 0.3) is 0 Å². The number of methoxy groups -OCH3 is 1. The second kappa shape index (κ2) is 14.5. The molecular weight excluding hydrogens is 592 g/mol. The highest BCUT2D eigenvalue weighted by molar-refractivity contribution is 7.92. The molecule has 12 heteroatoms. The highest BCUT2D eigenvalue weighted by Gasteiger charge is 2.34. The fourth-order valence-corrected chi connectivity index (χ4v) is 6.01. The number of benzene rings is 3. The van der Waals surface area contributed by atoms with Crippen LogP contribution in [0.3, 0.4) is 0 Å². The van der Waals surface area contributed by atoms with Crippen LogP contribution in [0, 0.1) is 5.82 Å². The maximum Gasteiger partial charge on any atom is 0.264 e. The Balaban J connectivity index is 2.07. The Morgan fingerprint density at radius 3 is 2.22 bits per heavy atom. The number of carbonyl (C=O) groups is 2. The van der Waals surface area contributed by atoms with Crippen LogP contribution in [-0.2, 0) is 26.2 Å². The van der Waals surface area contributed by atoms with Crippen LogP contribution in [0.2, 0.25) is 10.0 Å². The van der Waals surface area contributed by atoms with Crippen molar-refractivity contribution in [2.45, 2.75) is 44.2 Å². The van der Waals surface area contributed by atoms with Crippen LogP contribution < -0.4 is 14.4 Å². The van der Waals surface area contributed by atoms with E-state index in [1.165, 1.54) is 54.5 Å². The molecule has 0 bridgehead atoms. The van der Waals surface area contributed by atoms with E-state index >= 15 is 0 Å². The number of rotatable bonds is 13. The van der Waals surface area contributed by atoms with E-state index < -0.39 is 34.3 Å². The van der Waals surface area contributed by atoms with Crippen molar-refractivity contribution < 1.29 is 27.1 Å².